The Hall–Kier alpha value is -1.64. The zero-order chi connectivity index (χ0) is 17.2. The Bertz CT molecular complexity index is 658. The highest BCUT2D eigenvalue weighted by atomic mass is 127. The molecule has 1 aliphatic heterocycles. The zero-order valence-corrected chi connectivity index (χ0v) is 15.6. The molecule has 0 atom stereocenters. The van der Waals surface area contributed by atoms with E-state index < -0.39 is 11.6 Å². The van der Waals surface area contributed by atoms with Gasteiger partial charge in [-0.1, -0.05) is 6.07 Å². The van der Waals surface area contributed by atoms with Crippen LogP contribution in [0.5, 0.6) is 0 Å². The van der Waals surface area contributed by atoms with Gasteiger partial charge in [-0.15, -0.1) is 0 Å². The molecule has 1 saturated heterocycles. The van der Waals surface area contributed by atoms with Crippen molar-refractivity contribution in [3.05, 3.63) is 27.3 Å². The topological polar surface area (TPSA) is 78.5 Å². The Morgan fingerprint density at radius 3 is 2.61 bits per heavy atom. The highest BCUT2D eigenvalue weighted by Gasteiger charge is 2.43. The average molecular weight is 429 g/mol. The zero-order valence-electron chi connectivity index (χ0n) is 13.4. The molecule has 0 aliphatic carbocycles. The monoisotopic (exact) mass is 429 g/mol. The molecule has 2 N–H and O–H groups in total. The lowest BCUT2D eigenvalue weighted by Crippen LogP contribution is -2.40. The number of nitrogens with one attached hydrogen (secondary N) is 2. The molecule has 1 heterocycles. The number of halogens is 1. The Balaban J connectivity index is 1.82. The standard InChI is InChI=1S/C16H20IN3O3/c1-10-6-7-11(9-12(10)17)18-13(21)5-4-8-20-14(22)16(2,3)19-15(20)23/h6-7,9H,4-5,8H2,1-3H3,(H,18,21)(H,19,23). The first kappa shape index (κ1) is 17.7. The van der Waals surface area contributed by atoms with E-state index in [4.69, 9.17) is 0 Å². The van der Waals surface area contributed by atoms with Gasteiger partial charge in [-0.3, -0.25) is 14.5 Å². The van der Waals surface area contributed by atoms with Crippen molar-refractivity contribution in [1.29, 1.82) is 0 Å². The van der Waals surface area contributed by atoms with Crippen molar-refractivity contribution in [3.63, 3.8) is 0 Å². The Morgan fingerprint density at radius 2 is 2.04 bits per heavy atom. The molecule has 4 amide bonds. The SMILES string of the molecule is Cc1ccc(NC(=O)CCCN2C(=O)NC(C)(C)C2=O)cc1I. The molecule has 23 heavy (non-hydrogen) atoms. The second kappa shape index (κ2) is 6.86. The first-order chi connectivity index (χ1) is 10.7. The normalized spacial score (nSPS) is 16.4. The van der Waals surface area contributed by atoms with E-state index in [1.165, 1.54) is 4.90 Å². The number of benzene rings is 1. The second-order valence-corrected chi connectivity index (χ2v) is 7.29. The molecule has 1 aliphatic rings. The van der Waals surface area contributed by atoms with E-state index >= 15 is 0 Å². The van der Waals surface area contributed by atoms with Crippen molar-refractivity contribution < 1.29 is 14.4 Å². The van der Waals surface area contributed by atoms with Crippen molar-refractivity contribution in [1.82, 2.24) is 10.2 Å². The van der Waals surface area contributed by atoms with Crippen LogP contribution >= 0.6 is 22.6 Å². The molecule has 2 rings (SSSR count). The number of hydrogen-bond acceptors (Lipinski definition) is 3. The minimum Gasteiger partial charge on any atom is -0.326 e. The number of rotatable bonds is 5. The molecule has 0 unspecified atom stereocenters. The Kier molecular flexibility index (Phi) is 5.28. The highest BCUT2D eigenvalue weighted by molar-refractivity contribution is 14.1. The lowest BCUT2D eigenvalue weighted by Gasteiger charge is -2.15. The maximum absolute atomic E-state index is 12.0. The van der Waals surface area contributed by atoms with Gasteiger partial charge in [0.1, 0.15) is 5.54 Å². The highest BCUT2D eigenvalue weighted by Crippen LogP contribution is 2.18. The van der Waals surface area contributed by atoms with Gasteiger partial charge in [0.2, 0.25) is 5.91 Å². The smallest absolute Gasteiger partial charge is 0.325 e. The van der Waals surface area contributed by atoms with Crippen molar-refractivity contribution >= 4 is 46.1 Å². The van der Waals surface area contributed by atoms with Gasteiger partial charge in [-0.25, -0.2) is 4.79 Å². The number of urea groups is 1. The van der Waals surface area contributed by atoms with Crippen LogP contribution in [0.15, 0.2) is 18.2 Å². The third kappa shape index (κ3) is 4.21. The minimum atomic E-state index is -0.863. The molecule has 124 valence electrons. The van der Waals surface area contributed by atoms with E-state index in [0.29, 0.717) is 6.42 Å². The van der Waals surface area contributed by atoms with Crippen LogP contribution in [0, 0.1) is 10.5 Å². The first-order valence-corrected chi connectivity index (χ1v) is 8.49. The van der Waals surface area contributed by atoms with Crippen LogP contribution in [0.2, 0.25) is 0 Å². The van der Waals surface area contributed by atoms with Gasteiger partial charge in [-0.05, 0) is 67.5 Å². The van der Waals surface area contributed by atoms with Crippen molar-refractivity contribution in [2.75, 3.05) is 11.9 Å². The van der Waals surface area contributed by atoms with Crippen molar-refractivity contribution in [2.45, 2.75) is 39.2 Å². The molecule has 1 aromatic carbocycles. The van der Waals surface area contributed by atoms with E-state index in [1.807, 2.05) is 25.1 Å². The fourth-order valence-corrected chi connectivity index (χ4v) is 2.83. The Labute approximate surface area is 149 Å². The predicted molar refractivity (Wildman–Crippen MR) is 96.1 cm³/mol. The van der Waals surface area contributed by atoms with Crippen LogP contribution in [-0.4, -0.2) is 34.8 Å². The lowest BCUT2D eigenvalue weighted by atomic mass is 10.1. The van der Waals surface area contributed by atoms with Gasteiger partial charge >= 0.3 is 6.03 Å². The Morgan fingerprint density at radius 1 is 1.35 bits per heavy atom. The number of nitrogens with zero attached hydrogens (tertiary/aromatic N) is 1. The molecule has 0 saturated carbocycles. The van der Waals surface area contributed by atoms with Gasteiger partial charge < -0.3 is 10.6 Å². The molecule has 1 aromatic rings. The number of carbonyl (C=O) groups excluding carboxylic acids is 3. The summed E-state index contributed by atoms with van der Waals surface area (Å²) >= 11 is 2.22. The molecule has 0 aromatic heterocycles. The quantitative estimate of drug-likeness (QED) is 0.558. The summed E-state index contributed by atoms with van der Waals surface area (Å²) in [5, 5.41) is 5.44. The van der Waals surface area contributed by atoms with Gasteiger partial charge in [0, 0.05) is 22.2 Å². The predicted octanol–water partition coefficient (Wildman–Crippen LogP) is 2.65. The number of carbonyl (C=O) groups is 3. The molecular formula is C16H20IN3O3. The van der Waals surface area contributed by atoms with E-state index in [1.54, 1.807) is 13.8 Å². The lowest BCUT2D eigenvalue weighted by molar-refractivity contribution is -0.130. The first-order valence-electron chi connectivity index (χ1n) is 7.41. The minimum absolute atomic E-state index is 0.129. The summed E-state index contributed by atoms with van der Waals surface area (Å²) in [5.41, 5.74) is 1.05. The maximum atomic E-state index is 12.0. The van der Waals surface area contributed by atoms with Gasteiger partial charge in [-0.2, -0.15) is 0 Å². The summed E-state index contributed by atoms with van der Waals surface area (Å²) in [5.74, 6) is -0.382. The van der Waals surface area contributed by atoms with Crippen LogP contribution in [0.1, 0.15) is 32.3 Å². The fourth-order valence-electron chi connectivity index (χ4n) is 2.31. The second-order valence-electron chi connectivity index (χ2n) is 6.13. The van der Waals surface area contributed by atoms with Crippen LogP contribution in [-0.2, 0) is 9.59 Å². The third-order valence-electron chi connectivity index (χ3n) is 3.69. The molecule has 0 radical (unpaired) electrons. The summed E-state index contributed by atoms with van der Waals surface area (Å²) in [7, 11) is 0. The number of anilines is 1. The number of amides is 4. The van der Waals surface area contributed by atoms with Crippen molar-refractivity contribution in [2.24, 2.45) is 0 Å². The van der Waals surface area contributed by atoms with Crippen LogP contribution in [0.4, 0.5) is 10.5 Å². The van der Waals surface area contributed by atoms with E-state index in [2.05, 4.69) is 33.2 Å². The summed E-state index contributed by atoms with van der Waals surface area (Å²) in [4.78, 5) is 36.9. The number of aryl methyl sites for hydroxylation is 1. The van der Waals surface area contributed by atoms with Crippen LogP contribution in [0.3, 0.4) is 0 Å². The molecule has 0 spiro atoms. The molecule has 6 nitrogen and oxygen atoms in total. The van der Waals surface area contributed by atoms with Crippen LogP contribution < -0.4 is 10.6 Å². The number of imide groups is 1. The van der Waals surface area contributed by atoms with E-state index in [0.717, 1.165) is 14.8 Å². The van der Waals surface area contributed by atoms with E-state index in [-0.39, 0.29) is 24.8 Å². The summed E-state index contributed by atoms with van der Waals surface area (Å²) < 4.78 is 1.09. The summed E-state index contributed by atoms with van der Waals surface area (Å²) in [6.45, 7) is 5.58. The molecule has 7 heteroatoms. The maximum Gasteiger partial charge on any atom is 0.325 e. The summed E-state index contributed by atoms with van der Waals surface area (Å²) in [6, 6.07) is 5.32. The van der Waals surface area contributed by atoms with Crippen LogP contribution in [0.25, 0.3) is 0 Å². The largest absolute Gasteiger partial charge is 0.326 e. The fraction of sp³-hybridized carbons (Fsp3) is 0.438. The van der Waals surface area contributed by atoms with Gasteiger partial charge in [0.25, 0.3) is 5.91 Å². The van der Waals surface area contributed by atoms with Gasteiger partial charge in [0.05, 0.1) is 0 Å². The molecule has 0 bridgehead atoms. The van der Waals surface area contributed by atoms with E-state index in [9.17, 15) is 14.4 Å². The van der Waals surface area contributed by atoms with Gasteiger partial charge in [0.15, 0.2) is 0 Å². The average Bonchev–Trinajstić information content (AvgIpc) is 2.64. The third-order valence-corrected chi connectivity index (χ3v) is 4.85. The number of hydrogen-bond donors (Lipinski definition) is 2. The summed E-state index contributed by atoms with van der Waals surface area (Å²) in [6.07, 6.45) is 0.686. The van der Waals surface area contributed by atoms with Crippen molar-refractivity contribution in [3.8, 4) is 0 Å². The molecule has 1 fully saturated rings. The molecular weight excluding hydrogens is 409 g/mol.